The average Bonchev–Trinajstić information content (AvgIpc) is 3.02. The van der Waals surface area contributed by atoms with Gasteiger partial charge in [-0.1, -0.05) is 18.2 Å². The van der Waals surface area contributed by atoms with Crippen LogP contribution in [0.5, 0.6) is 0 Å². The quantitative estimate of drug-likeness (QED) is 0.718. The Morgan fingerprint density at radius 3 is 2.96 bits per heavy atom. The Kier molecular flexibility index (Phi) is 5.76. The summed E-state index contributed by atoms with van der Waals surface area (Å²) in [6.45, 7) is 5.20. The number of methoxy groups -OCH3 is 1. The standard InChI is InChI=1S/C20H27NO4/c1-3-24-19(22)20(10-12-23-2)9-6-11-21(15-20)14-17-13-16-7-4-5-8-18(16)25-17/h4-5,7-8,13H,3,6,9-12,14-15H2,1-2H3. The van der Waals surface area contributed by atoms with Gasteiger partial charge >= 0.3 is 5.97 Å². The monoisotopic (exact) mass is 345 g/mol. The second-order valence-corrected chi connectivity index (χ2v) is 6.81. The number of piperidine rings is 1. The van der Waals surface area contributed by atoms with Crippen LogP contribution in [0.15, 0.2) is 34.7 Å². The van der Waals surface area contributed by atoms with Crippen LogP contribution in [-0.4, -0.2) is 44.3 Å². The number of hydrogen-bond donors (Lipinski definition) is 0. The minimum Gasteiger partial charge on any atom is -0.466 e. The topological polar surface area (TPSA) is 51.9 Å². The lowest BCUT2D eigenvalue weighted by molar-refractivity contribution is -0.161. The van der Waals surface area contributed by atoms with Gasteiger partial charge in [-0.3, -0.25) is 9.69 Å². The molecule has 1 aromatic carbocycles. The Bertz CT molecular complexity index is 678. The SMILES string of the molecule is CCOC(=O)C1(CCOC)CCCN(Cc2cc3ccccc3o2)C1. The fourth-order valence-corrected chi connectivity index (χ4v) is 3.75. The Labute approximate surface area is 148 Å². The molecule has 1 aliphatic heterocycles. The van der Waals surface area contributed by atoms with E-state index in [-0.39, 0.29) is 5.97 Å². The highest BCUT2D eigenvalue weighted by Crippen LogP contribution is 2.36. The number of carbonyl (C=O) groups excluding carboxylic acids is 1. The number of furan rings is 1. The lowest BCUT2D eigenvalue weighted by atomic mass is 9.77. The molecule has 1 saturated heterocycles. The number of fused-ring (bicyclic) bond motifs is 1. The van der Waals surface area contributed by atoms with Crippen molar-refractivity contribution in [3.63, 3.8) is 0 Å². The van der Waals surface area contributed by atoms with E-state index in [1.165, 1.54) is 0 Å². The summed E-state index contributed by atoms with van der Waals surface area (Å²) in [7, 11) is 1.67. The minimum atomic E-state index is -0.476. The molecule has 5 nitrogen and oxygen atoms in total. The van der Waals surface area contributed by atoms with Crippen LogP contribution in [0, 0.1) is 5.41 Å². The largest absolute Gasteiger partial charge is 0.466 e. The summed E-state index contributed by atoms with van der Waals surface area (Å²) < 4.78 is 16.6. The zero-order valence-corrected chi connectivity index (χ0v) is 15.1. The molecule has 3 rings (SSSR count). The van der Waals surface area contributed by atoms with E-state index in [9.17, 15) is 4.79 Å². The number of benzene rings is 1. The first-order valence-corrected chi connectivity index (χ1v) is 9.03. The Morgan fingerprint density at radius 1 is 1.36 bits per heavy atom. The van der Waals surface area contributed by atoms with Crippen LogP contribution in [0.4, 0.5) is 0 Å². The molecule has 0 bridgehead atoms. The van der Waals surface area contributed by atoms with Crippen LogP contribution in [-0.2, 0) is 20.8 Å². The lowest BCUT2D eigenvalue weighted by Crippen LogP contribution is -2.48. The van der Waals surface area contributed by atoms with Crippen molar-refractivity contribution in [2.45, 2.75) is 32.7 Å². The molecule has 0 N–H and O–H groups in total. The Hall–Kier alpha value is -1.85. The normalized spacial score (nSPS) is 21.5. The molecule has 1 aliphatic rings. The number of rotatable bonds is 7. The molecular formula is C20H27NO4. The first-order valence-electron chi connectivity index (χ1n) is 9.03. The molecule has 1 atom stereocenters. The number of carbonyl (C=O) groups is 1. The number of ether oxygens (including phenoxy) is 2. The van der Waals surface area contributed by atoms with Gasteiger partial charge in [0.05, 0.1) is 18.6 Å². The van der Waals surface area contributed by atoms with Gasteiger partial charge in [0.2, 0.25) is 0 Å². The smallest absolute Gasteiger partial charge is 0.313 e. The van der Waals surface area contributed by atoms with Crippen molar-refractivity contribution < 1.29 is 18.7 Å². The minimum absolute atomic E-state index is 0.0960. The second-order valence-electron chi connectivity index (χ2n) is 6.81. The van der Waals surface area contributed by atoms with E-state index < -0.39 is 5.41 Å². The molecule has 25 heavy (non-hydrogen) atoms. The van der Waals surface area contributed by atoms with Crippen molar-refractivity contribution >= 4 is 16.9 Å². The third-order valence-electron chi connectivity index (χ3n) is 5.01. The maximum absolute atomic E-state index is 12.6. The van der Waals surface area contributed by atoms with E-state index in [4.69, 9.17) is 13.9 Å². The van der Waals surface area contributed by atoms with Crippen molar-refractivity contribution in [2.75, 3.05) is 33.4 Å². The van der Waals surface area contributed by atoms with Gasteiger partial charge in [-0.25, -0.2) is 0 Å². The van der Waals surface area contributed by atoms with Crippen LogP contribution < -0.4 is 0 Å². The summed E-state index contributed by atoms with van der Waals surface area (Å²) in [5, 5.41) is 1.12. The fraction of sp³-hybridized carbons (Fsp3) is 0.550. The van der Waals surface area contributed by atoms with Crippen LogP contribution >= 0.6 is 0 Å². The zero-order valence-electron chi connectivity index (χ0n) is 15.1. The van der Waals surface area contributed by atoms with Gasteiger partial charge in [-0.05, 0) is 44.9 Å². The average molecular weight is 345 g/mol. The van der Waals surface area contributed by atoms with E-state index in [0.717, 1.165) is 36.1 Å². The molecule has 5 heteroatoms. The van der Waals surface area contributed by atoms with Gasteiger partial charge < -0.3 is 13.9 Å². The second kappa shape index (κ2) is 8.02. The van der Waals surface area contributed by atoms with Gasteiger partial charge in [-0.2, -0.15) is 0 Å². The van der Waals surface area contributed by atoms with Crippen LogP contribution in [0.2, 0.25) is 0 Å². The first-order chi connectivity index (χ1) is 12.2. The van der Waals surface area contributed by atoms with Gasteiger partial charge in [0.15, 0.2) is 0 Å². The molecule has 2 aromatic rings. The van der Waals surface area contributed by atoms with E-state index in [1.54, 1.807) is 7.11 Å². The maximum Gasteiger partial charge on any atom is 0.313 e. The predicted molar refractivity (Wildman–Crippen MR) is 96.3 cm³/mol. The Morgan fingerprint density at radius 2 is 2.20 bits per heavy atom. The number of para-hydroxylation sites is 1. The van der Waals surface area contributed by atoms with E-state index in [1.807, 2.05) is 25.1 Å². The van der Waals surface area contributed by atoms with Crippen LogP contribution in [0.3, 0.4) is 0 Å². The summed E-state index contributed by atoms with van der Waals surface area (Å²) in [5.74, 6) is 0.842. The summed E-state index contributed by atoms with van der Waals surface area (Å²) in [4.78, 5) is 14.9. The van der Waals surface area contributed by atoms with E-state index >= 15 is 0 Å². The maximum atomic E-state index is 12.6. The van der Waals surface area contributed by atoms with Crippen molar-refractivity contribution in [3.8, 4) is 0 Å². The van der Waals surface area contributed by atoms with Crippen molar-refractivity contribution in [2.24, 2.45) is 5.41 Å². The predicted octanol–water partition coefficient (Wildman–Crippen LogP) is 3.61. The van der Waals surface area contributed by atoms with Crippen molar-refractivity contribution in [1.29, 1.82) is 0 Å². The number of likely N-dealkylation sites (tertiary alicyclic amines) is 1. The highest BCUT2D eigenvalue weighted by Gasteiger charge is 2.43. The fourth-order valence-electron chi connectivity index (χ4n) is 3.75. The van der Waals surface area contributed by atoms with Crippen LogP contribution in [0.25, 0.3) is 11.0 Å². The number of hydrogen-bond acceptors (Lipinski definition) is 5. The summed E-state index contributed by atoms with van der Waals surface area (Å²) in [6, 6.07) is 10.1. The van der Waals surface area contributed by atoms with Crippen LogP contribution in [0.1, 0.15) is 31.9 Å². The zero-order chi connectivity index (χ0) is 17.7. The first kappa shape index (κ1) is 18.0. The molecule has 2 heterocycles. The molecule has 0 aliphatic carbocycles. The molecule has 136 valence electrons. The number of esters is 1. The Balaban J connectivity index is 1.74. The molecular weight excluding hydrogens is 318 g/mol. The molecule has 0 saturated carbocycles. The third kappa shape index (κ3) is 4.05. The van der Waals surface area contributed by atoms with Gasteiger partial charge in [-0.15, -0.1) is 0 Å². The summed E-state index contributed by atoms with van der Waals surface area (Å²) in [6.07, 6.45) is 2.52. The van der Waals surface area contributed by atoms with Gasteiger partial charge in [0.1, 0.15) is 11.3 Å². The molecule has 0 radical (unpaired) electrons. The number of nitrogens with zero attached hydrogens (tertiary/aromatic N) is 1. The lowest BCUT2D eigenvalue weighted by Gasteiger charge is -2.40. The van der Waals surface area contributed by atoms with E-state index in [0.29, 0.717) is 32.7 Å². The van der Waals surface area contributed by atoms with Gasteiger partial charge in [0.25, 0.3) is 0 Å². The molecule has 1 unspecified atom stereocenters. The van der Waals surface area contributed by atoms with Crippen molar-refractivity contribution in [3.05, 3.63) is 36.1 Å². The molecule has 1 fully saturated rings. The highest BCUT2D eigenvalue weighted by atomic mass is 16.5. The molecule has 0 amide bonds. The van der Waals surface area contributed by atoms with Gasteiger partial charge in [0, 0.05) is 25.6 Å². The highest BCUT2D eigenvalue weighted by molar-refractivity contribution is 5.78. The van der Waals surface area contributed by atoms with E-state index in [2.05, 4.69) is 17.0 Å². The van der Waals surface area contributed by atoms with Crippen molar-refractivity contribution in [1.82, 2.24) is 4.90 Å². The summed E-state index contributed by atoms with van der Waals surface area (Å²) >= 11 is 0. The molecule has 0 spiro atoms. The molecule has 1 aromatic heterocycles. The summed E-state index contributed by atoms with van der Waals surface area (Å²) in [5.41, 5.74) is 0.432. The third-order valence-corrected chi connectivity index (χ3v) is 5.01.